The van der Waals surface area contributed by atoms with Crippen LogP contribution in [0.4, 0.5) is 0 Å². The minimum atomic E-state index is -0.992. The fraction of sp³-hybridized carbons (Fsp3) is 0.130. The quantitative estimate of drug-likeness (QED) is 0.500. The van der Waals surface area contributed by atoms with E-state index in [4.69, 9.17) is 9.84 Å². The first kappa shape index (κ1) is 18.6. The van der Waals surface area contributed by atoms with E-state index < -0.39 is 5.97 Å². The summed E-state index contributed by atoms with van der Waals surface area (Å²) >= 11 is 0. The molecule has 29 heavy (non-hydrogen) atoms. The van der Waals surface area contributed by atoms with Crippen molar-refractivity contribution in [3.05, 3.63) is 83.7 Å². The highest BCUT2D eigenvalue weighted by Crippen LogP contribution is 2.28. The maximum Gasteiger partial charge on any atom is 0.328 e. The Kier molecular flexibility index (Phi) is 4.91. The number of aliphatic carboxylic acids is 1. The minimum Gasteiger partial charge on any atom is -0.489 e. The molecule has 0 aliphatic rings. The van der Waals surface area contributed by atoms with Gasteiger partial charge in [0.05, 0.1) is 11.2 Å². The number of aromatic nitrogens is 3. The molecule has 0 aliphatic carbocycles. The predicted molar refractivity (Wildman–Crippen MR) is 112 cm³/mol. The number of carboxylic acid groups (broad SMARTS) is 1. The summed E-state index contributed by atoms with van der Waals surface area (Å²) in [5, 5.41) is 14.5. The summed E-state index contributed by atoms with van der Waals surface area (Å²) in [7, 11) is 1.85. The molecular weight excluding hydrogens is 366 g/mol. The highest BCUT2D eigenvalue weighted by Gasteiger charge is 2.15. The van der Waals surface area contributed by atoms with E-state index in [-0.39, 0.29) is 0 Å². The first-order valence-corrected chi connectivity index (χ1v) is 9.26. The van der Waals surface area contributed by atoms with Gasteiger partial charge in [0.1, 0.15) is 18.2 Å². The molecule has 2 heterocycles. The van der Waals surface area contributed by atoms with E-state index in [9.17, 15) is 4.79 Å². The number of carbonyl (C=O) groups is 1. The number of nitrogens with zero attached hydrogens (tertiary/aromatic N) is 3. The normalized spacial score (nSPS) is 11.4. The van der Waals surface area contributed by atoms with Crippen LogP contribution in [0.3, 0.4) is 0 Å². The van der Waals surface area contributed by atoms with Crippen LogP contribution in [0.25, 0.3) is 22.8 Å². The molecule has 0 saturated carbocycles. The van der Waals surface area contributed by atoms with E-state index in [0.29, 0.717) is 6.61 Å². The van der Waals surface area contributed by atoms with Crippen LogP contribution in [-0.4, -0.2) is 25.4 Å². The lowest BCUT2D eigenvalue weighted by Gasteiger charge is -2.10. The second kappa shape index (κ2) is 7.67. The Hall–Kier alpha value is -3.80. The average Bonchev–Trinajstić information content (AvgIpc) is 3.24. The highest BCUT2D eigenvalue weighted by atomic mass is 16.5. The van der Waals surface area contributed by atoms with Crippen LogP contribution >= 0.6 is 0 Å². The van der Waals surface area contributed by atoms with Crippen molar-refractivity contribution < 1.29 is 14.6 Å². The molecular formula is C23H21N3O3. The summed E-state index contributed by atoms with van der Waals surface area (Å²) in [5.41, 5.74) is 3.59. The van der Waals surface area contributed by atoms with Gasteiger partial charge in [-0.3, -0.25) is 4.68 Å². The summed E-state index contributed by atoms with van der Waals surface area (Å²) in [6.07, 6.45) is 4.68. The first-order chi connectivity index (χ1) is 14.0. The van der Waals surface area contributed by atoms with E-state index in [1.54, 1.807) is 10.8 Å². The smallest absolute Gasteiger partial charge is 0.328 e. The largest absolute Gasteiger partial charge is 0.489 e. The van der Waals surface area contributed by atoms with Crippen LogP contribution < -0.4 is 4.74 Å². The van der Waals surface area contributed by atoms with Crippen LogP contribution in [0.1, 0.15) is 16.8 Å². The van der Waals surface area contributed by atoms with Crippen molar-refractivity contribution in [2.45, 2.75) is 13.5 Å². The van der Waals surface area contributed by atoms with E-state index in [0.717, 1.165) is 45.4 Å². The van der Waals surface area contributed by atoms with Crippen molar-refractivity contribution in [1.82, 2.24) is 14.3 Å². The second-order valence-corrected chi connectivity index (χ2v) is 6.80. The summed E-state index contributed by atoms with van der Waals surface area (Å²) < 4.78 is 9.74. The van der Waals surface area contributed by atoms with Gasteiger partial charge in [-0.1, -0.05) is 30.3 Å². The average molecular weight is 387 g/mol. The molecule has 0 unspecified atom stereocenters. The van der Waals surface area contributed by atoms with E-state index >= 15 is 0 Å². The van der Waals surface area contributed by atoms with Crippen molar-refractivity contribution in [2.24, 2.45) is 7.05 Å². The SMILES string of the molecule is Cc1nn(C)c(-n2ccc3ccc(OCc4ccccc4)cc32)c1/C=C/C(=O)O. The van der Waals surface area contributed by atoms with Gasteiger partial charge in [0.2, 0.25) is 0 Å². The molecule has 4 rings (SSSR count). The number of ether oxygens (including phenoxy) is 1. The van der Waals surface area contributed by atoms with Gasteiger partial charge < -0.3 is 14.4 Å². The Morgan fingerprint density at radius 1 is 1.17 bits per heavy atom. The van der Waals surface area contributed by atoms with Crippen molar-refractivity contribution in [1.29, 1.82) is 0 Å². The standard InChI is InChI=1S/C23H21N3O3/c1-16-20(10-11-22(27)28)23(25(2)24-16)26-13-12-18-8-9-19(14-21(18)26)29-15-17-6-4-3-5-7-17/h3-14H,15H2,1-2H3,(H,27,28)/b11-10+. The van der Waals surface area contributed by atoms with Crippen molar-refractivity contribution >= 4 is 22.9 Å². The van der Waals surface area contributed by atoms with Crippen LogP contribution in [0.2, 0.25) is 0 Å². The molecule has 146 valence electrons. The number of aryl methyl sites for hydroxylation is 2. The highest BCUT2D eigenvalue weighted by molar-refractivity contribution is 5.87. The molecule has 0 spiro atoms. The molecule has 0 amide bonds. The lowest BCUT2D eigenvalue weighted by Crippen LogP contribution is -2.03. The molecule has 0 bridgehead atoms. The molecule has 1 N–H and O–H groups in total. The van der Waals surface area contributed by atoms with Crippen LogP contribution in [0, 0.1) is 6.92 Å². The monoisotopic (exact) mass is 387 g/mol. The van der Waals surface area contributed by atoms with Gasteiger partial charge in [0, 0.05) is 36.3 Å². The molecule has 4 aromatic rings. The summed E-state index contributed by atoms with van der Waals surface area (Å²) in [6.45, 7) is 2.36. The number of rotatable bonds is 6. The van der Waals surface area contributed by atoms with Gasteiger partial charge in [-0.2, -0.15) is 5.10 Å². The molecule has 0 fully saturated rings. The van der Waals surface area contributed by atoms with Crippen molar-refractivity contribution in [3.8, 4) is 11.6 Å². The molecule has 0 aliphatic heterocycles. The maximum absolute atomic E-state index is 11.0. The van der Waals surface area contributed by atoms with Gasteiger partial charge in [-0.05, 0) is 36.8 Å². The summed E-state index contributed by atoms with van der Waals surface area (Å²) in [5.74, 6) is 0.575. The Labute approximate surface area is 168 Å². The van der Waals surface area contributed by atoms with Crippen molar-refractivity contribution in [2.75, 3.05) is 0 Å². The molecule has 0 saturated heterocycles. The topological polar surface area (TPSA) is 69.3 Å². The molecule has 2 aromatic carbocycles. The first-order valence-electron chi connectivity index (χ1n) is 9.26. The lowest BCUT2D eigenvalue weighted by atomic mass is 10.2. The van der Waals surface area contributed by atoms with Crippen molar-refractivity contribution in [3.63, 3.8) is 0 Å². The number of benzene rings is 2. The van der Waals surface area contributed by atoms with E-state index in [1.807, 2.05) is 79.3 Å². The van der Waals surface area contributed by atoms with Crippen LogP contribution in [-0.2, 0) is 18.4 Å². The minimum absolute atomic E-state index is 0.491. The molecule has 6 nitrogen and oxygen atoms in total. The number of hydrogen-bond donors (Lipinski definition) is 1. The zero-order valence-corrected chi connectivity index (χ0v) is 16.2. The van der Waals surface area contributed by atoms with Gasteiger partial charge in [-0.15, -0.1) is 0 Å². The molecule has 2 aromatic heterocycles. The third-order valence-electron chi connectivity index (χ3n) is 4.77. The fourth-order valence-corrected chi connectivity index (χ4v) is 3.42. The zero-order chi connectivity index (χ0) is 20.4. The summed E-state index contributed by atoms with van der Waals surface area (Å²) in [6, 6.07) is 18.0. The van der Waals surface area contributed by atoms with Gasteiger partial charge in [0.25, 0.3) is 0 Å². The second-order valence-electron chi connectivity index (χ2n) is 6.80. The van der Waals surface area contributed by atoms with Gasteiger partial charge >= 0.3 is 5.97 Å². The molecule has 0 radical (unpaired) electrons. The Bertz CT molecular complexity index is 1200. The summed E-state index contributed by atoms with van der Waals surface area (Å²) in [4.78, 5) is 11.0. The van der Waals surface area contributed by atoms with Gasteiger partial charge in [-0.25, -0.2) is 4.79 Å². The predicted octanol–water partition coefficient (Wildman–Crippen LogP) is 4.35. The zero-order valence-electron chi connectivity index (χ0n) is 16.2. The lowest BCUT2D eigenvalue weighted by molar-refractivity contribution is -0.131. The Morgan fingerprint density at radius 2 is 1.97 bits per heavy atom. The van der Waals surface area contributed by atoms with Crippen LogP contribution in [0.5, 0.6) is 5.75 Å². The third kappa shape index (κ3) is 3.78. The third-order valence-corrected chi connectivity index (χ3v) is 4.77. The van der Waals surface area contributed by atoms with Crippen LogP contribution in [0.15, 0.2) is 66.9 Å². The molecule has 0 atom stereocenters. The maximum atomic E-state index is 11.0. The number of hydrogen-bond acceptors (Lipinski definition) is 3. The van der Waals surface area contributed by atoms with Gasteiger partial charge in [0.15, 0.2) is 0 Å². The Balaban J connectivity index is 1.73. The van der Waals surface area contributed by atoms with E-state index in [2.05, 4.69) is 5.10 Å². The fourth-order valence-electron chi connectivity index (χ4n) is 3.42. The van der Waals surface area contributed by atoms with E-state index in [1.165, 1.54) is 0 Å². The number of carboxylic acids is 1. The number of fused-ring (bicyclic) bond motifs is 1. The Morgan fingerprint density at radius 3 is 2.72 bits per heavy atom. The molecule has 6 heteroatoms.